The fourth-order valence-corrected chi connectivity index (χ4v) is 4.00. The minimum atomic E-state index is -0.582. The maximum Gasteiger partial charge on any atom is 0.231 e. The van der Waals surface area contributed by atoms with E-state index in [1.54, 1.807) is 31.3 Å². The summed E-state index contributed by atoms with van der Waals surface area (Å²) in [6, 6.07) is 7.58. The standard InChI is InChI=1S/C20H20N6O3/c1-28-15-7-6-11(8-16(15)29-2)17-12(9-21)19(22)26(20-23-10-24-25-20)13-4-3-5-14(27)18(13)17/h6-8,10,17H,3-5,22H2,1-2H3,(H,23,24,25)/t17-/m1/s1. The number of hydrogen-bond acceptors (Lipinski definition) is 8. The van der Waals surface area contributed by atoms with Crippen LogP contribution in [0.15, 0.2) is 47.2 Å². The summed E-state index contributed by atoms with van der Waals surface area (Å²) in [6.45, 7) is 0. The number of nitrogens with one attached hydrogen (secondary N) is 1. The lowest BCUT2D eigenvalue weighted by atomic mass is 9.75. The number of hydrogen-bond donors (Lipinski definition) is 2. The van der Waals surface area contributed by atoms with Crippen molar-refractivity contribution in [2.45, 2.75) is 25.2 Å². The first-order chi connectivity index (χ1) is 14.1. The van der Waals surface area contributed by atoms with Gasteiger partial charge in [0.15, 0.2) is 17.3 Å². The summed E-state index contributed by atoms with van der Waals surface area (Å²) < 4.78 is 10.7. The van der Waals surface area contributed by atoms with Crippen LogP contribution in [0.4, 0.5) is 5.95 Å². The Morgan fingerprint density at radius 1 is 1.28 bits per heavy atom. The molecular formula is C20H20N6O3. The largest absolute Gasteiger partial charge is 0.493 e. The molecule has 4 rings (SSSR count). The lowest BCUT2D eigenvalue weighted by Crippen LogP contribution is -2.39. The number of nitriles is 1. The van der Waals surface area contributed by atoms with E-state index >= 15 is 0 Å². The molecule has 148 valence electrons. The van der Waals surface area contributed by atoms with Gasteiger partial charge in [0, 0.05) is 17.7 Å². The molecular weight excluding hydrogens is 372 g/mol. The van der Waals surface area contributed by atoms with Gasteiger partial charge in [0.25, 0.3) is 0 Å². The summed E-state index contributed by atoms with van der Waals surface area (Å²) in [6.07, 6.45) is 3.13. The van der Waals surface area contributed by atoms with Crippen LogP contribution < -0.4 is 20.1 Å². The molecule has 1 aromatic carbocycles. The van der Waals surface area contributed by atoms with Crippen LogP contribution in [0.1, 0.15) is 30.7 Å². The number of aromatic amines is 1. The second kappa shape index (κ2) is 7.31. The van der Waals surface area contributed by atoms with E-state index in [0.29, 0.717) is 42.3 Å². The van der Waals surface area contributed by atoms with Crippen molar-refractivity contribution in [3.8, 4) is 17.6 Å². The third-order valence-electron chi connectivity index (χ3n) is 5.27. The smallest absolute Gasteiger partial charge is 0.231 e. The Kier molecular flexibility index (Phi) is 4.68. The predicted octanol–water partition coefficient (Wildman–Crippen LogP) is 2.13. The van der Waals surface area contributed by atoms with Crippen LogP contribution >= 0.6 is 0 Å². The molecule has 1 atom stereocenters. The summed E-state index contributed by atoms with van der Waals surface area (Å²) in [5.74, 6) is 1.11. The maximum absolute atomic E-state index is 13.0. The van der Waals surface area contributed by atoms with Crippen LogP contribution in [0, 0.1) is 11.3 Å². The number of carbonyl (C=O) groups excluding carboxylic acids is 1. The van der Waals surface area contributed by atoms with Crippen molar-refractivity contribution in [1.82, 2.24) is 15.2 Å². The van der Waals surface area contributed by atoms with Crippen molar-refractivity contribution >= 4 is 11.7 Å². The molecule has 2 aromatic rings. The molecule has 0 unspecified atom stereocenters. The molecule has 1 aliphatic heterocycles. The van der Waals surface area contributed by atoms with Gasteiger partial charge in [0.05, 0.1) is 31.8 Å². The molecule has 0 amide bonds. The number of Topliss-reactive ketones (excluding diaryl/α,β-unsaturated/α-hetero) is 1. The number of carbonyl (C=O) groups is 1. The molecule has 9 nitrogen and oxygen atoms in total. The second-order valence-electron chi connectivity index (χ2n) is 6.74. The monoisotopic (exact) mass is 392 g/mol. The molecule has 0 radical (unpaired) electrons. The molecule has 0 saturated heterocycles. The summed E-state index contributed by atoms with van der Waals surface area (Å²) >= 11 is 0. The highest BCUT2D eigenvalue weighted by molar-refractivity contribution is 6.01. The molecule has 3 N–H and O–H groups in total. The third kappa shape index (κ3) is 2.89. The quantitative estimate of drug-likeness (QED) is 0.809. The number of aromatic nitrogens is 3. The Morgan fingerprint density at radius 3 is 2.72 bits per heavy atom. The highest BCUT2D eigenvalue weighted by atomic mass is 16.5. The van der Waals surface area contributed by atoms with Gasteiger partial charge in [-0.15, -0.1) is 0 Å². The fraction of sp³-hybridized carbons (Fsp3) is 0.300. The van der Waals surface area contributed by atoms with Gasteiger partial charge in [0.1, 0.15) is 12.1 Å². The molecule has 0 bridgehead atoms. The van der Waals surface area contributed by atoms with Crippen molar-refractivity contribution in [2.75, 3.05) is 19.1 Å². The van der Waals surface area contributed by atoms with E-state index in [2.05, 4.69) is 21.3 Å². The van der Waals surface area contributed by atoms with E-state index in [0.717, 1.165) is 11.3 Å². The van der Waals surface area contributed by atoms with Crippen LogP contribution in [0.25, 0.3) is 0 Å². The summed E-state index contributed by atoms with van der Waals surface area (Å²) in [5.41, 5.74) is 8.75. The summed E-state index contributed by atoms with van der Waals surface area (Å²) in [5, 5.41) is 16.6. The summed E-state index contributed by atoms with van der Waals surface area (Å²) in [7, 11) is 3.09. The van der Waals surface area contributed by atoms with Crippen LogP contribution in [0.5, 0.6) is 11.5 Å². The van der Waals surface area contributed by atoms with Crippen LogP contribution in [-0.2, 0) is 4.79 Å². The number of ketones is 1. The molecule has 0 spiro atoms. The first kappa shape index (κ1) is 18.6. The Bertz CT molecular complexity index is 1060. The van der Waals surface area contributed by atoms with Gasteiger partial charge in [-0.3, -0.25) is 9.69 Å². The van der Waals surface area contributed by atoms with Crippen molar-refractivity contribution in [2.24, 2.45) is 5.73 Å². The highest BCUT2D eigenvalue weighted by Gasteiger charge is 2.41. The van der Waals surface area contributed by atoms with E-state index in [1.807, 2.05) is 6.07 Å². The molecule has 1 aromatic heterocycles. The van der Waals surface area contributed by atoms with Gasteiger partial charge in [-0.25, -0.2) is 5.10 Å². The van der Waals surface area contributed by atoms with Gasteiger partial charge in [-0.05, 0) is 30.5 Å². The highest BCUT2D eigenvalue weighted by Crippen LogP contribution is 2.46. The van der Waals surface area contributed by atoms with Crippen LogP contribution in [-0.4, -0.2) is 35.2 Å². The minimum absolute atomic E-state index is 0.00389. The lowest BCUT2D eigenvalue weighted by Gasteiger charge is -2.38. The zero-order chi connectivity index (χ0) is 20.5. The van der Waals surface area contributed by atoms with Gasteiger partial charge in [-0.1, -0.05) is 6.07 Å². The third-order valence-corrected chi connectivity index (χ3v) is 5.27. The van der Waals surface area contributed by atoms with E-state index in [-0.39, 0.29) is 17.2 Å². The minimum Gasteiger partial charge on any atom is -0.493 e. The fourth-order valence-electron chi connectivity index (χ4n) is 4.00. The molecule has 1 aliphatic carbocycles. The Balaban J connectivity index is 1.95. The molecule has 0 saturated carbocycles. The first-order valence-electron chi connectivity index (χ1n) is 9.14. The van der Waals surface area contributed by atoms with Crippen molar-refractivity contribution in [1.29, 1.82) is 5.26 Å². The number of H-pyrrole nitrogens is 1. The van der Waals surface area contributed by atoms with Gasteiger partial charge >= 0.3 is 0 Å². The SMILES string of the molecule is COc1ccc([C@@H]2C(C#N)=C(N)N(c3ncn[nH]3)C3=C2C(=O)CCC3)cc1OC. The number of nitrogens with zero attached hydrogens (tertiary/aromatic N) is 4. The first-order valence-corrected chi connectivity index (χ1v) is 9.14. The number of benzene rings is 1. The molecule has 2 aliphatic rings. The van der Waals surface area contributed by atoms with Crippen molar-refractivity contribution < 1.29 is 14.3 Å². The van der Waals surface area contributed by atoms with Crippen LogP contribution in [0.2, 0.25) is 0 Å². The Labute approximate surface area is 167 Å². The number of methoxy groups -OCH3 is 2. The number of anilines is 1. The number of allylic oxidation sites excluding steroid dienone is 3. The second-order valence-corrected chi connectivity index (χ2v) is 6.74. The predicted molar refractivity (Wildman–Crippen MR) is 104 cm³/mol. The average Bonchev–Trinajstić information content (AvgIpc) is 3.26. The van der Waals surface area contributed by atoms with Gasteiger partial charge < -0.3 is 15.2 Å². The maximum atomic E-state index is 13.0. The zero-order valence-electron chi connectivity index (χ0n) is 16.1. The lowest BCUT2D eigenvalue weighted by molar-refractivity contribution is -0.116. The van der Waals surface area contributed by atoms with Gasteiger partial charge in [0.2, 0.25) is 5.95 Å². The van der Waals surface area contributed by atoms with Crippen molar-refractivity contribution in [3.05, 3.63) is 52.8 Å². The Hall–Kier alpha value is -3.80. The number of rotatable bonds is 4. The van der Waals surface area contributed by atoms with E-state index < -0.39 is 5.92 Å². The average molecular weight is 392 g/mol. The molecule has 2 heterocycles. The van der Waals surface area contributed by atoms with E-state index in [4.69, 9.17) is 15.2 Å². The number of ether oxygens (including phenoxy) is 2. The number of nitrogens with two attached hydrogens (primary N) is 1. The van der Waals surface area contributed by atoms with E-state index in [9.17, 15) is 10.1 Å². The van der Waals surface area contributed by atoms with Crippen LogP contribution in [0.3, 0.4) is 0 Å². The molecule has 0 fully saturated rings. The summed E-state index contributed by atoms with van der Waals surface area (Å²) in [4.78, 5) is 18.8. The topological polar surface area (TPSA) is 130 Å². The molecule has 9 heteroatoms. The normalized spacial score (nSPS) is 19.1. The van der Waals surface area contributed by atoms with Gasteiger partial charge in [-0.2, -0.15) is 15.3 Å². The molecule has 29 heavy (non-hydrogen) atoms. The van der Waals surface area contributed by atoms with Crippen molar-refractivity contribution in [3.63, 3.8) is 0 Å². The van der Waals surface area contributed by atoms with E-state index in [1.165, 1.54) is 6.33 Å². The zero-order valence-corrected chi connectivity index (χ0v) is 16.1. The Morgan fingerprint density at radius 2 is 2.07 bits per heavy atom.